The van der Waals surface area contributed by atoms with Gasteiger partial charge in [0.1, 0.15) is 5.75 Å². The number of rotatable bonds is 4. The van der Waals surface area contributed by atoms with Gasteiger partial charge in [0, 0.05) is 11.6 Å². The molecule has 2 amide bonds. The molecule has 0 atom stereocenters. The highest BCUT2D eigenvalue weighted by Gasteiger charge is 2.23. The van der Waals surface area contributed by atoms with E-state index in [0.29, 0.717) is 11.8 Å². The van der Waals surface area contributed by atoms with E-state index in [2.05, 4.69) is 9.68 Å². The van der Waals surface area contributed by atoms with Crippen molar-refractivity contribution in [3.63, 3.8) is 0 Å². The van der Waals surface area contributed by atoms with Gasteiger partial charge in [-0.05, 0) is 37.1 Å². The van der Waals surface area contributed by atoms with E-state index in [9.17, 15) is 18.0 Å². The smallest absolute Gasteiger partial charge is 0.319 e. The topological polar surface area (TPSA) is 102 Å². The third-order valence-corrected chi connectivity index (χ3v) is 3.76. The largest absolute Gasteiger partial charge is 0.496 e. The highest BCUT2D eigenvalue weighted by atomic mass is 32.2. The van der Waals surface area contributed by atoms with Crippen LogP contribution in [-0.4, -0.2) is 33.4 Å². The average molecular weight is 374 g/mol. The van der Waals surface area contributed by atoms with Crippen molar-refractivity contribution in [1.82, 2.24) is 5.32 Å². The molecule has 0 radical (unpaired) electrons. The summed E-state index contributed by atoms with van der Waals surface area (Å²) in [6.45, 7) is 0. The van der Waals surface area contributed by atoms with Crippen LogP contribution in [0.4, 0.5) is 0 Å². The molecule has 0 bridgehead atoms. The highest BCUT2D eigenvalue weighted by molar-refractivity contribution is 7.62. The number of ether oxygens (including phenoxy) is 1. The number of benzene rings is 2. The van der Waals surface area contributed by atoms with Crippen molar-refractivity contribution in [3.8, 4) is 5.75 Å². The van der Waals surface area contributed by atoms with Gasteiger partial charge in [0.05, 0.1) is 12.7 Å². The summed E-state index contributed by atoms with van der Waals surface area (Å²) >= 11 is 0. The standard InChI is InChI=1S/C10H11NO.C8H7NO4S/c12-10(11-9-6-7-9)8-4-2-1-3-5-8;1-13-7-5-3-2-4-6(7)8(10)9-14(11)12/h1-5,9H,6-7H2,(H,11,12);2-5H,1H3. The van der Waals surface area contributed by atoms with Gasteiger partial charge in [-0.1, -0.05) is 34.7 Å². The van der Waals surface area contributed by atoms with E-state index in [4.69, 9.17) is 4.74 Å². The van der Waals surface area contributed by atoms with Crippen molar-refractivity contribution >= 4 is 22.3 Å². The van der Waals surface area contributed by atoms with Crippen LogP contribution < -0.4 is 10.1 Å². The van der Waals surface area contributed by atoms with Gasteiger partial charge >= 0.3 is 10.5 Å². The fourth-order valence-electron chi connectivity index (χ4n) is 2.02. The molecule has 0 aromatic heterocycles. The van der Waals surface area contributed by atoms with Crippen molar-refractivity contribution in [1.29, 1.82) is 0 Å². The maximum atomic E-state index is 11.4. The number of carbonyl (C=O) groups is 2. The van der Waals surface area contributed by atoms with E-state index >= 15 is 0 Å². The minimum absolute atomic E-state index is 0.0538. The van der Waals surface area contributed by atoms with Crippen molar-refractivity contribution < 1.29 is 22.7 Å². The molecule has 1 aliphatic rings. The van der Waals surface area contributed by atoms with Crippen molar-refractivity contribution in [2.75, 3.05) is 7.11 Å². The number of amides is 2. The first kappa shape index (κ1) is 19.3. The second-order valence-electron chi connectivity index (χ2n) is 5.43. The van der Waals surface area contributed by atoms with Gasteiger partial charge in [0.2, 0.25) is 0 Å². The highest BCUT2D eigenvalue weighted by Crippen LogP contribution is 2.19. The molecule has 136 valence electrons. The number of methoxy groups -OCH3 is 1. The van der Waals surface area contributed by atoms with Gasteiger partial charge in [0.15, 0.2) is 0 Å². The Labute approximate surface area is 152 Å². The maximum absolute atomic E-state index is 11.4. The summed E-state index contributed by atoms with van der Waals surface area (Å²) in [4.78, 5) is 22.6. The Morgan fingerprint density at radius 2 is 1.65 bits per heavy atom. The summed E-state index contributed by atoms with van der Waals surface area (Å²) in [7, 11) is -1.35. The molecule has 3 rings (SSSR count). The molecule has 8 heteroatoms. The van der Waals surface area contributed by atoms with Gasteiger partial charge in [-0.3, -0.25) is 9.59 Å². The molecule has 1 saturated carbocycles. The first-order valence-corrected chi connectivity index (χ1v) is 8.89. The second-order valence-corrected chi connectivity index (χ2v) is 6.04. The van der Waals surface area contributed by atoms with Crippen molar-refractivity contribution in [3.05, 3.63) is 65.7 Å². The molecule has 0 saturated heterocycles. The number of carbonyl (C=O) groups excluding carboxylic acids is 2. The van der Waals surface area contributed by atoms with Crippen molar-refractivity contribution in [2.24, 2.45) is 4.36 Å². The molecule has 0 heterocycles. The Balaban J connectivity index is 0.000000189. The summed E-state index contributed by atoms with van der Waals surface area (Å²) in [6, 6.07) is 16.0. The predicted octanol–water partition coefficient (Wildman–Crippen LogP) is 2.48. The van der Waals surface area contributed by atoms with E-state index in [1.54, 1.807) is 18.2 Å². The van der Waals surface area contributed by atoms with Crippen LogP contribution in [0.25, 0.3) is 0 Å². The summed E-state index contributed by atoms with van der Waals surface area (Å²) in [5.41, 5.74) is 0.878. The van der Waals surface area contributed by atoms with E-state index in [0.717, 1.165) is 18.4 Å². The molecular weight excluding hydrogens is 356 g/mol. The first-order valence-electron chi connectivity index (χ1n) is 7.85. The lowest BCUT2D eigenvalue weighted by atomic mass is 10.2. The zero-order valence-electron chi connectivity index (χ0n) is 14.1. The van der Waals surface area contributed by atoms with Crippen LogP contribution in [0, 0.1) is 0 Å². The van der Waals surface area contributed by atoms with Gasteiger partial charge in [-0.15, -0.1) is 0 Å². The Morgan fingerprint density at radius 3 is 2.23 bits per heavy atom. The number of hydrogen-bond acceptors (Lipinski definition) is 5. The van der Waals surface area contributed by atoms with Crippen LogP contribution >= 0.6 is 0 Å². The summed E-state index contributed by atoms with van der Waals surface area (Å²) < 4.78 is 28.0. The SMILES string of the molecule is COc1ccccc1C(=O)N=S(=O)=O.O=C(NC1CC1)c1ccccc1. The molecule has 26 heavy (non-hydrogen) atoms. The van der Waals surface area contributed by atoms with Gasteiger partial charge in [-0.2, -0.15) is 8.42 Å². The van der Waals surface area contributed by atoms with Crippen LogP contribution in [0.3, 0.4) is 0 Å². The van der Waals surface area contributed by atoms with E-state index in [-0.39, 0.29) is 11.5 Å². The predicted molar refractivity (Wildman–Crippen MR) is 95.6 cm³/mol. The summed E-state index contributed by atoms with van der Waals surface area (Å²) in [5.74, 6) is -0.486. The molecule has 2 aromatic carbocycles. The minimum Gasteiger partial charge on any atom is -0.496 e. The van der Waals surface area contributed by atoms with Crippen molar-refractivity contribution in [2.45, 2.75) is 18.9 Å². The average Bonchev–Trinajstić information content (AvgIpc) is 3.46. The molecule has 1 aliphatic carbocycles. The normalized spacial score (nSPS) is 12.2. The Bertz CT molecular complexity index is 898. The van der Waals surface area contributed by atoms with E-state index in [1.165, 1.54) is 13.2 Å². The third-order valence-electron chi connectivity index (χ3n) is 3.44. The van der Waals surface area contributed by atoms with Gasteiger partial charge in [0.25, 0.3) is 11.8 Å². The lowest BCUT2D eigenvalue weighted by Crippen LogP contribution is -2.25. The number of nitrogens with zero attached hydrogens (tertiary/aromatic N) is 1. The Kier molecular flexibility index (Phi) is 7.04. The zero-order chi connectivity index (χ0) is 18.9. The van der Waals surface area contributed by atoms with Crippen LogP contribution in [0.2, 0.25) is 0 Å². The fraction of sp³-hybridized carbons (Fsp3) is 0.222. The van der Waals surface area contributed by atoms with Crippen LogP contribution in [0.1, 0.15) is 33.6 Å². The molecule has 0 aliphatic heterocycles. The lowest BCUT2D eigenvalue weighted by molar-refractivity contribution is 0.0949. The van der Waals surface area contributed by atoms with Gasteiger partial charge in [-0.25, -0.2) is 0 Å². The first-order chi connectivity index (χ1) is 12.5. The minimum atomic E-state index is -2.74. The lowest BCUT2D eigenvalue weighted by Gasteiger charge is -2.02. The summed E-state index contributed by atoms with van der Waals surface area (Å²) in [6.07, 6.45) is 2.27. The summed E-state index contributed by atoms with van der Waals surface area (Å²) in [5, 5.41) is 2.93. The van der Waals surface area contributed by atoms with Gasteiger partial charge < -0.3 is 10.1 Å². The Hall–Kier alpha value is -3.00. The third kappa shape index (κ3) is 6.14. The molecule has 0 spiro atoms. The Morgan fingerprint density at radius 1 is 1.04 bits per heavy atom. The molecule has 7 nitrogen and oxygen atoms in total. The van der Waals surface area contributed by atoms with Crippen LogP contribution in [0.5, 0.6) is 5.75 Å². The molecule has 2 aromatic rings. The van der Waals surface area contributed by atoms with E-state index in [1.807, 2.05) is 30.3 Å². The fourth-order valence-corrected chi connectivity index (χ4v) is 2.26. The maximum Gasteiger partial charge on any atom is 0.319 e. The van der Waals surface area contributed by atoms with Crippen LogP contribution in [-0.2, 0) is 10.5 Å². The number of nitrogens with one attached hydrogen (secondary N) is 1. The second kappa shape index (κ2) is 9.47. The molecule has 1 N–H and O–H groups in total. The quantitative estimate of drug-likeness (QED) is 0.886. The zero-order valence-corrected chi connectivity index (χ0v) is 14.9. The molecule has 1 fully saturated rings. The monoisotopic (exact) mass is 374 g/mol. The number of hydrogen-bond donors (Lipinski definition) is 1. The molecule has 0 unspecified atom stereocenters. The number of para-hydroxylation sites is 1. The van der Waals surface area contributed by atoms with Crippen LogP contribution in [0.15, 0.2) is 59.0 Å². The van der Waals surface area contributed by atoms with E-state index < -0.39 is 16.4 Å². The molecular formula is C18H18N2O5S.